The van der Waals surface area contributed by atoms with Gasteiger partial charge in [0.15, 0.2) is 0 Å². The van der Waals surface area contributed by atoms with E-state index in [0.29, 0.717) is 6.42 Å². The zero-order valence-corrected chi connectivity index (χ0v) is 11.6. The highest BCUT2D eigenvalue weighted by Gasteiger charge is 1.99. The Morgan fingerprint density at radius 2 is 1.78 bits per heavy atom. The number of halogens is 1. The molecule has 0 unspecified atom stereocenters. The fourth-order valence-corrected chi connectivity index (χ4v) is 2.02. The minimum absolute atomic E-state index is 0.607. The fraction of sp³-hybridized carbons (Fsp3) is 0.200. The third-order valence-corrected chi connectivity index (χ3v) is 3.29. The predicted octanol–water partition coefficient (Wildman–Crippen LogP) is 4.03. The maximum Gasteiger partial charge on any atom is 0.120 e. The van der Waals surface area contributed by atoms with Crippen molar-refractivity contribution in [2.45, 2.75) is 19.3 Å². The number of unbranched alkanes of at least 4 members (excludes halogenated alkanes) is 1. The van der Waals surface area contributed by atoms with Gasteiger partial charge in [0, 0.05) is 28.3 Å². The molecule has 0 spiro atoms. The van der Waals surface area contributed by atoms with Gasteiger partial charge in [-0.25, -0.2) is 0 Å². The van der Waals surface area contributed by atoms with E-state index in [1.54, 1.807) is 0 Å². The molecule has 2 aromatic rings. The number of benzene rings is 1. The van der Waals surface area contributed by atoms with Gasteiger partial charge in [0.1, 0.15) is 6.29 Å². The number of carbonyl (C=O) groups is 1. The van der Waals surface area contributed by atoms with Crippen LogP contribution in [-0.4, -0.2) is 11.3 Å². The number of rotatable bonds is 5. The molecular formula is C15H14BrNO. The molecule has 2 nitrogen and oxygen atoms in total. The second-order valence-corrected chi connectivity index (χ2v) is 5.02. The van der Waals surface area contributed by atoms with Crippen LogP contribution in [0.15, 0.2) is 47.1 Å². The highest BCUT2D eigenvalue weighted by molar-refractivity contribution is 9.10. The third kappa shape index (κ3) is 3.50. The summed E-state index contributed by atoms with van der Waals surface area (Å²) in [6.45, 7) is 0. The van der Waals surface area contributed by atoms with Gasteiger partial charge in [-0.2, -0.15) is 0 Å². The van der Waals surface area contributed by atoms with E-state index >= 15 is 0 Å². The van der Waals surface area contributed by atoms with Crippen LogP contribution in [0.4, 0.5) is 0 Å². The molecule has 1 heterocycles. The Hall–Kier alpha value is -1.48. The Bertz CT molecular complexity index is 505. The summed E-state index contributed by atoms with van der Waals surface area (Å²) in [6, 6.07) is 12.3. The van der Waals surface area contributed by atoms with Crippen LogP contribution in [0.1, 0.15) is 18.5 Å². The molecule has 0 aliphatic heterocycles. The summed E-state index contributed by atoms with van der Waals surface area (Å²) in [7, 11) is 0. The molecule has 0 aliphatic carbocycles. The quantitative estimate of drug-likeness (QED) is 0.616. The van der Waals surface area contributed by atoms with Gasteiger partial charge in [0.05, 0.1) is 0 Å². The summed E-state index contributed by atoms with van der Waals surface area (Å²) >= 11 is 3.42. The molecule has 0 bridgehead atoms. The Kier molecular flexibility index (Phi) is 4.65. The Morgan fingerprint density at radius 1 is 1.06 bits per heavy atom. The van der Waals surface area contributed by atoms with E-state index in [1.165, 1.54) is 0 Å². The number of nitrogens with zero attached hydrogens (tertiary/aromatic N) is 1. The van der Waals surface area contributed by atoms with Gasteiger partial charge >= 0.3 is 0 Å². The minimum atomic E-state index is 0.607. The lowest BCUT2D eigenvalue weighted by molar-refractivity contribution is -0.107. The first kappa shape index (κ1) is 13.0. The number of carbonyl (C=O) groups excluding carboxylic acids is 1. The molecule has 92 valence electrons. The largest absolute Gasteiger partial charge is 0.303 e. The number of hydrogen-bond donors (Lipinski definition) is 0. The van der Waals surface area contributed by atoms with Crippen LogP contribution >= 0.6 is 15.9 Å². The highest BCUT2D eigenvalue weighted by Crippen LogP contribution is 2.21. The molecule has 18 heavy (non-hydrogen) atoms. The molecule has 0 N–H and O–H groups in total. The molecule has 0 aliphatic rings. The first-order valence-electron chi connectivity index (χ1n) is 5.94. The number of pyridine rings is 1. The Morgan fingerprint density at radius 3 is 2.39 bits per heavy atom. The number of aldehydes is 1. The Labute approximate surface area is 115 Å². The van der Waals surface area contributed by atoms with Gasteiger partial charge in [-0.05, 0) is 36.6 Å². The van der Waals surface area contributed by atoms with Gasteiger partial charge in [-0.3, -0.25) is 4.98 Å². The summed E-state index contributed by atoms with van der Waals surface area (Å²) in [4.78, 5) is 14.7. The van der Waals surface area contributed by atoms with Crippen molar-refractivity contribution in [3.63, 3.8) is 0 Å². The lowest BCUT2D eigenvalue weighted by Crippen LogP contribution is -1.91. The predicted molar refractivity (Wildman–Crippen MR) is 76.4 cm³/mol. The Balaban J connectivity index is 2.07. The molecule has 1 aromatic carbocycles. The van der Waals surface area contributed by atoms with Crippen LogP contribution in [0.5, 0.6) is 0 Å². The highest BCUT2D eigenvalue weighted by atomic mass is 79.9. The molecule has 0 fully saturated rings. The van der Waals surface area contributed by atoms with E-state index in [0.717, 1.165) is 40.4 Å². The number of hydrogen-bond acceptors (Lipinski definition) is 2. The van der Waals surface area contributed by atoms with E-state index in [9.17, 15) is 4.79 Å². The average molecular weight is 304 g/mol. The monoisotopic (exact) mass is 303 g/mol. The summed E-state index contributed by atoms with van der Waals surface area (Å²) < 4.78 is 1.07. The molecule has 0 atom stereocenters. The molecule has 0 amide bonds. The zero-order valence-electron chi connectivity index (χ0n) is 9.97. The number of aromatic nitrogens is 1. The summed E-state index contributed by atoms with van der Waals surface area (Å²) in [5, 5.41) is 0. The zero-order chi connectivity index (χ0) is 12.8. The van der Waals surface area contributed by atoms with Crippen molar-refractivity contribution in [1.82, 2.24) is 4.98 Å². The van der Waals surface area contributed by atoms with Crippen molar-refractivity contribution in [3.05, 3.63) is 52.8 Å². The molecule has 0 radical (unpaired) electrons. The minimum Gasteiger partial charge on any atom is -0.303 e. The van der Waals surface area contributed by atoms with Crippen molar-refractivity contribution in [3.8, 4) is 11.1 Å². The second-order valence-electron chi connectivity index (χ2n) is 4.10. The van der Waals surface area contributed by atoms with Crippen molar-refractivity contribution >= 4 is 22.2 Å². The van der Waals surface area contributed by atoms with Gasteiger partial charge in [0.25, 0.3) is 0 Å². The smallest absolute Gasteiger partial charge is 0.120 e. The first-order chi connectivity index (χ1) is 8.79. The second kappa shape index (κ2) is 6.45. The van der Waals surface area contributed by atoms with Crippen LogP contribution in [0.3, 0.4) is 0 Å². The van der Waals surface area contributed by atoms with E-state index < -0.39 is 0 Å². The molecule has 0 saturated heterocycles. The van der Waals surface area contributed by atoms with Crippen molar-refractivity contribution < 1.29 is 4.79 Å². The van der Waals surface area contributed by atoms with Crippen molar-refractivity contribution in [2.75, 3.05) is 0 Å². The molecule has 1 aromatic heterocycles. The van der Waals surface area contributed by atoms with Crippen molar-refractivity contribution in [1.29, 1.82) is 0 Å². The van der Waals surface area contributed by atoms with Crippen LogP contribution in [0, 0.1) is 0 Å². The van der Waals surface area contributed by atoms with Crippen molar-refractivity contribution in [2.24, 2.45) is 0 Å². The van der Waals surface area contributed by atoms with Crippen LogP contribution in [0.25, 0.3) is 11.1 Å². The maximum absolute atomic E-state index is 10.2. The molecular weight excluding hydrogens is 290 g/mol. The van der Waals surface area contributed by atoms with Gasteiger partial charge < -0.3 is 4.79 Å². The standard InChI is InChI=1S/C15H14BrNO/c16-14-7-4-12(5-8-14)13-6-9-15(17-11-13)3-1-2-10-18/h4-11H,1-3H2. The van der Waals surface area contributed by atoms with E-state index in [4.69, 9.17) is 0 Å². The van der Waals surface area contributed by atoms with E-state index in [-0.39, 0.29) is 0 Å². The maximum atomic E-state index is 10.2. The normalized spacial score (nSPS) is 10.3. The summed E-state index contributed by atoms with van der Waals surface area (Å²) in [6.07, 6.45) is 5.18. The average Bonchev–Trinajstić information content (AvgIpc) is 2.41. The van der Waals surface area contributed by atoms with E-state index in [2.05, 4.69) is 39.1 Å². The van der Waals surface area contributed by atoms with Gasteiger partial charge in [-0.1, -0.05) is 34.1 Å². The molecule has 0 saturated carbocycles. The SMILES string of the molecule is O=CCCCc1ccc(-c2ccc(Br)cc2)cn1. The van der Waals surface area contributed by atoms with Gasteiger partial charge in [0.2, 0.25) is 0 Å². The summed E-state index contributed by atoms with van der Waals surface area (Å²) in [5.41, 5.74) is 3.31. The van der Waals surface area contributed by atoms with Gasteiger partial charge in [-0.15, -0.1) is 0 Å². The van der Waals surface area contributed by atoms with E-state index in [1.807, 2.05) is 24.4 Å². The topological polar surface area (TPSA) is 30.0 Å². The van der Waals surface area contributed by atoms with Crippen LogP contribution in [-0.2, 0) is 11.2 Å². The molecule has 2 rings (SSSR count). The molecule has 3 heteroatoms. The third-order valence-electron chi connectivity index (χ3n) is 2.76. The first-order valence-corrected chi connectivity index (χ1v) is 6.73. The lowest BCUT2D eigenvalue weighted by Gasteiger charge is -2.03. The fourth-order valence-electron chi connectivity index (χ4n) is 1.75. The lowest BCUT2D eigenvalue weighted by atomic mass is 10.1. The number of aryl methyl sites for hydroxylation is 1. The van der Waals surface area contributed by atoms with Crippen LogP contribution in [0.2, 0.25) is 0 Å². The van der Waals surface area contributed by atoms with Crippen LogP contribution < -0.4 is 0 Å². The summed E-state index contributed by atoms with van der Waals surface area (Å²) in [5.74, 6) is 0.